The van der Waals surface area contributed by atoms with Crippen LogP contribution in [-0.2, 0) is 0 Å². The zero-order valence-electron chi connectivity index (χ0n) is 20.1. The number of carbonyl (C=O) groups excluding carboxylic acids is 2. The van der Waals surface area contributed by atoms with E-state index in [1.165, 1.54) is 24.3 Å². The number of halogens is 1. The van der Waals surface area contributed by atoms with Crippen LogP contribution in [0.5, 0.6) is 5.75 Å². The highest BCUT2D eigenvalue weighted by Gasteiger charge is 2.22. The lowest BCUT2D eigenvalue weighted by Gasteiger charge is -2.14. The predicted molar refractivity (Wildman–Crippen MR) is 137 cm³/mol. The fourth-order valence-corrected chi connectivity index (χ4v) is 3.90. The molecule has 4 rings (SSSR count). The standard InChI is InChI=1S/C28H28FN3O4/c1-16(2)15-32-28(34)19-6-9-23(35-12-11-30)21(14-19)18-5-10-24-22(13-18)25(27(31)33)26(36-24)17-3-7-20(29)8-4-17/h3-10,13-14,16H,11-12,15,30H2,1-2H3,(H2,31,33)(H,32,34). The zero-order valence-corrected chi connectivity index (χ0v) is 20.1. The molecule has 0 bridgehead atoms. The van der Waals surface area contributed by atoms with E-state index >= 15 is 0 Å². The van der Waals surface area contributed by atoms with E-state index in [1.807, 2.05) is 19.9 Å². The molecule has 1 heterocycles. The Morgan fingerprint density at radius 2 is 1.75 bits per heavy atom. The molecule has 8 heteroatoms. The Morgan fingerprint density at radius 3 is 2.42 bits per heavy atom. The molecule has 3 aromatic carbocycles. The first kappa shape index (κ1) is 24.9. The summed E-state index contributed by atoms with van der Waals surface area (Å²) in [6.07, 6.45) is 0. The summed E-state index contributed by atoms with van der Waals surface area (Å²) in [4.78, 5) is 25.2. The average molecular weight is 490 g/mol. The maximum absolute atomic E-state index is 13.4. The molecular weight excluding hydrogens is 461 g/mol. The summed E-state index contributed by atoms with van der Waals surface area (Å²) in [6.45, 7) is 5.21. The molecule has 0 spiro atoms. The van der Waals surface area contributed by atoms with Gasteiger partial charge in [-0.05, 0) is 66.1 Å². The van der Waals surface area contributed by atoms with Crippen molar-refractivity contribution in [3.63, 3.8) is 0 Å². The van der Waals surface area contributed by atoms with Crippen molar-refractivity contribution in [1.82, 2.24) is 5.32 Å². The third kappa shape index (κ3) is 5.23. The summed E-state index contributed by atoms with van der Waals surface area (Å²) in [7, 11) is 0. The van der Waals surface area contributed by atoms with Gasteiger partial charge < -0.3 is 25.9 Å². The minimum absolute atomic E-state index is 0.189. The van der Waals surface area contributed by atoms with Gasteiger partial charge in [-0.1, -0.05) is 19.9 Å². The Balaban J connectivity index is 1.83. The normalized spacial score (nSPS) is 11.1. The van der Waals surface area contributed by atoms with Crippen LogP contribution in [0.25, 0.3) is 33.4 Å². The molecule has 0 atom stereocenters. The van der Waals surface area contributed by atoms with Gasteiger partial charge in [-0.2, -0.15) is 0 Å². The summed E-state index contributed by atoms with van der Waals surface area (Å²) in [5.41, 5.74) is 14.3. The van der Waals surface area contributed by atoms with Gasteiger partial charge in [-0.3, -0.25) is 9.59 Å². The second kappa shape index (κ2) is 10.6. The van der Waals surface area contributed by atoms with E-state index in [4.69, 9.17) is 20.6 Å². The number of benzene rings is 3. The predicted octanol–water partition coefficient (Wildman–Crippen LogP) is 4.73. The number of carbonyl (C=O) groups is 2. The van der Waals surface area contributed by atoms with Crippen LogP contribution in [0, 0.1) is 11.7 Å². The van der Waals surface area contributed by atoms with Gasteiger partial charge >= 0.3 is 0 Å². The van der Waals surface area contributed by atoms with Crippen molar-refractivity contribution in [1.29, 1.82) is 0 Å². The molecule has 0 fully saturated rings. The molecule has 1 aromatic heterocycles. The number of amides is 2. The van der Waals surface area contributed by atoms with E-state index in [-0.39, 0.29) is 17.2 Å². The van der Waals surface area contributed by atoms with Crippen LogP contribution in [0.1, 0.15) is 34.6 Å². The largest absolute Gasteiger partial charge is 0.492 e. The van der Waals surface area contributed by atoms with Gasteiger partial charge in [0.25, 0.3) is 11.8 Å². The molecule has 0 radical (unpaired) electrons. The highest BCUT2D eigenvalue weighted by molar-refractivity contribution is 6.11. The van der Waals surface area contributed by atoms with Gasteiger partial charge in [0.1, 0.15) is 29.5 Å². The fourth-order valence-electron chi connectivity index (χ4n) is 3.90. The number of ether oxygens (including phenoxy) is 1. The van der Waals surface area contributed by atoms with Crippen molar-refractivity contribution >= 4 is 22.8 Å². The number of hydrogen-bond donors (Lipinski definition) is 3. The molecule has 0 saturated heterocycles. The third-order valence-corrected chi connectivity index (χ3v) is 5.64. The lowest BCUT2D eigenvalue weighted by Crippen LogP contribution is -2.27. The van der Waals surface area contributed by atoms with Crippen LogP contribution in [0.15, 0.2) is 65.1 Å². The molecule has 36 heavy (non-hydrogen) atoms. The molecule has 2 amide bonds. The van der Waals surface area contributed by atoms with Crippen molar-refractivity contribution in [3.8, 4) is 28.2 Å². The van der Waals surface area contributed by atoms with Gasteiger partial charge in [0.15, 0.2) is 0 Å². The van der Waals surface area contributed by atoms with Gasteiger partial charge in [0.2, 0.25) is 0 Å². The summed E-state index contributed by atoms with van der Waals surface area (Å²) in [6, 6.07) is 16.1. The van der Waals surface area contributed by atoms with Gasteiger partial charge in [0, 0.05) is 35.2 Å². The van der Waals surface area contributed by atoms with E-state index in [9.17, 15) is 14.0 Å². The van der Waals surface area contributed by atoms with Crippen molar-refractivity contribution in [2.75, 3.05) is 19.7 Å². The first-order valence-electron chi connectivity index (χ1n) is 11.7. The molecule has 5 N–H and O–H groups in total. The fraction of sp³-hybridized carbons (Fsp3) is 0.214. The van der Waals surface area contributed by atoms with Gasteiger partial charge in [0.05, 0.1) is 5.56 Å². The van der Waals surface area contributed by atoms with Gasteiger partial charge in [-0.25, -0.2) is 4.39 Å². The van der Waals surface area contributed by atoms with E-state index in [1.54, 1.807) is 30.3 Å². The van der Waals surface area contributed by atoms with Crippen LogP contribution in [0.2, 0.25) is 0 Å². The number of hydrogen-bond acceptors (Lipinski definition) is 5. The molecule has 0 unspecified atom stereocenters. The molecule has 4 aromatic rings. The van der Waals surface area contributed by atoms with Crippen molar-refractivity contribution in [2.24, 2.45) is 17.4 Å². The summed E-state index contributed by atoms with van der Waals surface area (Å²) < 4.78 is 25.2. The molecule has 0 aliphatic heterocycles. The second-order valence-corrected chi connectivity index (χ2v) is 8.84. The van der Waals surface area contributed by atoms with Crippen LogP contribution in [-0.4, -0.2) is 31.5 Å². The Morgan fingerprint density at radius 1 is 1.03 bits per heavy atom. The lowest BCUT2D eigenvalue weighted by molar-refractivity contribution is 0.0947. The van der Waals surface area contributed by atoms with E-state index in [0.717, 1.165) is 0 Å². The van der Waals surface area contributed by atoms with E-state index < -0.39 is 11.7 Å². The highest BCUT2D eigenvalue weighted by Crippen LogP contribution is 2.38. The smallest absolute Gasteiger partial charge is 0.253 e. The van der Waals surface area contributed by atoms with Crippen molar-refractivity contribution in [2.45, 2.75) is 13.8 Å². The number of primary amides is 1. The van der Waals surface area contributed by atoms with Crippen LogP contribution < -0.4 is 21.5 Å². The lowest BCUT2D eigenvalue weighted by atomic mass is 9.98. The van der Waals surface area contributed by atoms with Gasteiger partial charge in [-0.15, -0.1) is 0 Å². The minimum atomic E-state index is -0.674. The number of furan rings is 1. The second-order valence-electron chi connectivity index (χ2n) is 8.84. The Kier molecular flexibility index (Phi) is 7.36. The van der Waals surface area contributed by atoms with Crippen LogP contribution in [0.4, 0.5) is 4.39 Å². The number of nitrogens with two attached hydrogens (primary N) is 2. The maximum atomic E-state index is 13.4. The van der Waals surface area contributed by atoms with Crippen molar-refractivity contribution in [3.05, 3.63) is 77.6 Å². The van der Waals surface area contributed by atoms with E-state index in [0.29, 0.717) is 64.6 Å². The summed E-state index contributed by atoms with van der Waals surface area (Å²) in [5, 5.41) is 3.42. The molecule has 7 nitrogen and oxygen atoms in total. The number of nitrogens with one attached hydrogen (secondary N) is 1. The van der Waals surface area contributed by atoms with Crippen LogP contribution in [0.3, 0.4) is 0 Å². The summed E-state index contributed by atoms with van der Waals surface area (Å²) in [5.74, 6) is -0.159. The summed E-state index contributed by atoms with van der Waals surface area (Å²) >= 11 is 0. The highest BCUT2D eigenvalue weighted by atomic mass is 19.1. The molecule has 0 aliphatic carbocycles. The third-order valence-electron chi connectivity index (χ3n) is 5.64. The SMILES string of the molecule is CC(C)CNC(=O)c1ccc(OCCN)c(-c2ccc3oc(-c4ccc(F)cc4)c(C(N)=O)c3c2)c1. The zero-order chi connectivity index (χ0) is 25.8. The minimum Gasteiger partial charge on any atom is -0.492 e. The molecule has 0 saturated carbocycles. The average Bonchev–Trinajstić information content (AvgIpc) is 3.25. The monoisotopic (exact) mass is 489 g/mol. The first-order chi connectivity index (χ1) is 17.3. The maximum Gasteiger partial charge on any atom is 0.253 e. The molecule has 186 valence electrons. The van der Waals surface area contributed by atoms with Crippen molar-refractivity contribution < 1.29 is 23.1 Å². The van der Waals surface area contributed by atoms with Crippen LogP contribution >= 0.6 is 0 Å². The quantitative estimate of drug-likeness (QED) is 0.314. The Bertz CT molecular complexity index is 1410. The van der Waals surface area contributed by atoms with E-state index in [2.05, 4.69) is 5.32 Å². The number of fused-ring (bicyclic) bond motifs is 1. The number of rotatable bonds is 9. The topological polar surface area (TPSA) is 121 Å². The molecule has 0 aliphatic rings. The first-order valence-corrected chi connectivity index (χ1v) is 11.7. The molecular formula is C28H28FN3O4. The Labute approximate surface area is 208 Å². The Hall–Kier alpha value is -4.17.